The Morgan fingerprint density at radius 2 is 2.30 bits per heavy atom. The second-order valence-corrected chi connectivity index (χ2v) is 5.87. The highest BCUT2D eigenvalue weighted by atomic mass is 19.1. The molecule has 1 aliphatic heterocycles. The molecule has 23 heavy (non-hydrogen) atoms. The summed E-state index contributed by atoms with van der Waals surface area (Å²) in [7, 11) is 0. The summed E-state index contributed by atoms with van der Waals surface area (Å²) in [4.78, 5) is 6.90. The number of nitrogens with two attached hydrogens (primary N) is 1. The molecule has 0 bridgehead atoms. The van der Waals surface area contributed by atoms with Gasteiger partial charge < -0.3 is 16.4 Å². The largest absolute Gasteiger partial charge is 0.385 e. The number of guanidine groups is 1. The normalized spacial score (nSPS) is 19.0. The lowest BCUT2D eigenvalue weighted by Gasteiger charge is -2.20. The Labute approximate surface area is 138 Å². The van der Waals surface area contributed by atoms with Crippen molar-refractivity contribution in [3.8, 4) is 0 Å². The van der Waals surface area contributed by atoms with Crippen LogP contribution in [0.25, 0.3) is 0 Å². The molecule has 0 radical (unpaired) electrons. The van der Waals surface area contributed by atoms with E-state index in [0.29, 0.717) is 12.0 Å². The Kier molecular flexibility index (Phi) is 7.13. The number of anilines is 1. The van der Waals surface area contributed by atoms with Crippen molar-refractivity contribution < 1.29 is 4.39 Å². The van der Waals surface area contributed by atoms with Crippen LogP contribution in [-0.4, -0.2) is 49.6 Å². The van der Waals surface area contributed by atoms with E-state index in [2.05, 4.69) is 27.4 Å². The van der Waals surface area contributed by atoms with Gasteiger partial charge in [0.1, 0.15) is 5.82 Å². The van der Waals surface area contributed by atoms with E-state index in [9.17, 15) is 4.39 Å². The fourth-order valence-electron chi connectivity index (χ4n) is 2.91. The summed E-state index contributed by atoms with van der Waals surface area (Å²) in [6.45, 7) is 6.73. The summed E-state index contributed by atoms with van der Waals surface area (Å²) in [5.74, 6) is 0.288. The maximum absolute atomic E-state index is 13.0. The van der Waals surface area contributed by atoms with Crippen LogP contribution >= 0.6 is 0 Å². The molecule has 1 saturated heterocycles. The SMILES string of the molecule is CCN1CCCC1CN=C(N)NCCCNc1cccc(F)c1. The van der Waals surface area contributed by atoms with Crippen molar-refractivity contribution in [3.05, 3.63) is 30.1 Å². The zero-order valence-electron chi connectivity index (χ0n) is 13.9. The van der Waals surface area contributed by atoms with Crippen LogP contribution < -0.4 is 16.4 Å². The summed E-state index contributed by atoms with van der Waals surface area (Å²) in [6, 6.07) is 7.02. The highest BCUT2D eigenvalue weighted by Gasteiger charge is 2.22. The van der Waals surface area contributed by atoms with E-state index < -0.39 is 0 Å². The number of aliphatic imine (C=N–C) groups is 1. The van der Waals surface area contributed by atoms with Gasteiger partial charge in [0.25, 0.3) is 0 Å². The maximum atomic E-state index is 13.0. The van der Waals surface area contributed by atoms with E-state index in [4.69, 9.17) is 5.73 Å². The molecular weight excluding hydrogens is 293 g/mol. The van der Waals surface area contributed by atoms with Crippen LogP contribution in [-0.2, 0) is 0 Å². The topological polar surface area (TPSA) is 65.7 Å². The van der Waals surface area contributed by atoms with E-state index in [1.165, 1.54) is 31.5 Å². The van der Waals surface area contributed by atoms with E-state index in [0.717, 1.165) is 38.3 Å². The fraction of sp³-hybridized carbons (Fsp3) is 0.588. The molecule has 0 amide bonds. The molecule has 1 aromatic carbocycles. The van der Waals surface area contributed by atoms with Crippen molar-refractivity contribution in [2.75, 3.05) is 38.0 Å². The zero-order valence-corrected chi connectivity index (χ0v) is 13.9. The Bertz CT molecular complexity index is 506. The summed E-state index contributed by atoms with van der Waals surface area (Å²) >= 11 is 0. The van der Waals surface area contributed by atoms with Crippen LogP contribution in [0.3, 0.4) is 0 Å². The number of nitrogens with one attached hydrogen (secondary N) is 2. The van der Waals surface area contributed by atoms with E-state index in [1.54, 1.807) is 6.07 Å². The minimum absolute atomic E-state index is 0.225. The molecule has 128 valence electrons. The average Bonchev–Trinajstić information content (AvgIpc) is 3.00. The Balaban J connectivity index is 1.59. The first-order valence-corrected chi connectivity index (χ1v) is 8.46. The number of nitrogens with zero attached hydrogens (tertiary/aromatic N) is 2. The van der Waals surface area contributed by atoms with Gasteiger partial charge in [0, 0.05) is 24.8 Å². The Hall–Kier alpha value is -1.82. The second-order valence-electron chi connectivity index (χ2n) is 5.87. The number of rotatable bonds is 8. The zero-order chi connectivity index (χ0) is 16.5. The summed E-state index contributed by atoms with van der Waals surface area (Å²) < 4.78 is 13.0. The number of hydrogen-bond acceptors (Lipinski definition) is 3. The van der Waals surface area contributed by atoms with E-state index in [1.807, 2.05) is 6.07 Å². The Morgan fingerprint density at radius 1 is 1.43 bits per heavy atom. The third-order valence-corrected chi connectivity index (χ3v) is 4.19. The lowest BCUT2D eigenvalue weighted by molar-refractivity contribution is 0.273. The molecule has 1 atom stereocenters. The second kappa shape index (κ2) is 9.35. The molecule has 1 unspecified atom stereocenters. The standard InChI is InChI=1S/C17H28FN5/c1-2-23-11-4-8-16(23)13-22-17(19)21-10-5-9-20-15-7-3-6-14(18)12-15/h3,6-7,12,16,20H,2,4-5,8-11,13H2,1H3,(H3,19,21,22). The van der Waals surface area contributed by atoms with Gasteiger partial charge in [-0.1, -0.05) is 13.0 Å². The molecule has 1 aliphatic rings. The van der Waals surface area contributed by atoms with Crippen LogP contribution in [0.4, 0.5) is 10.1 Å². The fourth-order valence-corrected chi connectivity index (χ4v) is 2.91. The molecule has 5 nitrogen and oxygen atoms in total. The molecule has 0 aromatic heterocycles. The number of likely N-dealkylation sites (tertiary alicyclic amines) is 1. The lowest BCUT2D eigenvalue weighted by Crippen LogP contribution is -2.36. The van der Waals surface area contributed by atoms with Crippen molar-refractivity contribution in [2.24, 2.45) is 10.7 Å². The number of halogens is 1. The maximum Gasteiger partial charge on any atom is 0.188 e. The van der Waals surface area contributed by atoms with Gasteiger partial charge in [-0.3, -0.25) is 9.89 Å². The van der Waals surface area contributed by atoms with Gasteiger partial charge in [-0.05, 0) is 50.6 Å². The first-order valence-electron chi connectivity index (χ1n) is 8.46. The molecule has 0 aliphatic carbocycles. The molecule has 6 heteroatoms. The van der Waals surface area contributed by atoms with Gasteiger partial charge in [-0.2, -0.15) is 0 Å². The van der Waals surface area contributed by atoms with Crippen LogP contribution in [0, 0.1) is 5.82 Å². The summed E-state index contributed by atoms with van der Waals surface area (Å²) in [5, 5.41) is 6.31. The third-order valence-electron chi connectivity index (χ3n) is 4.19. The molecule has 0 spiro atoms. The van der Waals surface area contributed by atoms with Gasteiger partial charge in [-0.25, -0.2) is 4.39 Å². The van der Waals surface area contributed by atoms with Gasteiger partial charge in [0.15, 0.2) is 5.96 Å². The third kappa shape index (κ3) is 6.06. The van der Waals surface area contributed by atoms with Crippen molar-refractivity contribution in [1.82, 2.24) is 10.2 Å². The summed E-state index contributed by atoms with van der Waals surface area (Å²) in [5.41, 5.74) is 6.70. The monoisotopic (exact) mass is 321 g/mol. The van der Waals surface area contributed by atoms with E-state index in [-0.39, 0.29) is 5.82 Å². The highest BCUT2D eigenvalue weighted by Crippen LogP contribution is 2.16. The van der Waals surface area contributed by atoms with Gasteiger partial charge >= 0.3 is 0 Å². The summed E-state index contributed by atoms with van der Waals surface area (Å²) in [6.07, 6.45) is 3.35. The van der Waals surface area contributed by atoms with Crippen LogP contribution in [0.2, 0.25) is 0 Å². The minimum Gasteiger partial charge on any atom is -0.385 e. The van der Waals surface area contributed by atoms with Crippen molar-refractivity contribution in [3.63, 3.8) is 0 Å². The number of hydrogen-bond donors (Lipinski definition) is 3. The first-order chi connectivity index (χ1) is 11.2. The van der Waals surface area contributed by atoms with Crippen LogP contribution in [0.15, 0.2) is 29.3 Å². The quantitative estimate of drug-likeness (QED) is 0.389. The average molecular weight is 321 g/mol. The predicted molar refractivity (Wildman–Crippen MR) is 94.3 cm³/mol. The van der Waals surface area contributed by atoms with Crippen molar-refractivity contribution in [2.45, 2.75) is 32.2 Å². The van der Waals surface area contributed by atoms with Crippen molar-refractivity contribution >= 4 is 11.6 Å². The van der Waals surface area contributed by atoms with Crippen molar-refractivity contribution in [1.29, 1.82) is 0 Å². The molecule has 2 rings (SSSR count). The smallest absolute Gasteiger partial charge is 0.188 e. The highest BCUT2D eigenvalue weighted by molar-refractivity contribution is 5.77. The molecular formula is C17H28FN5. The first kappa shape index (κ1) is 17.5. The molecule has 0 saturated carbocycles. The number of likely N-dealkylation sites (N-methyl/N-ethyl adjacent to an activating group) is 1. The molecule has 1 fully saturated rings. The molecule has 1 aromatic rings. The van der Waals surface area contributed by atoms with Crippen LogP contribution in [0.5, 0.6) is 0 Å². The Morgan fingerprint density at radius 3 is 3.09 bits per heavy atom. The lowest BCUT2D eigenvalue weighted by atomic mass is 10.2. The molecule has 4 N–H and O–H groups in total. The van der Waals surface area contributed by atoms with Gasteiger partial charge in [0.05, 0.1) is 6.54 Å². The van der Waals surface area contributed by atoms with Crippen LogP contribution in [0.1, 0.15) is 26.2 Å². The van der Waals surface area contributed by atoms with Gasteiger partial charge in [0.2, 0.25) is 0 Å². The van der Waals surface area contributed by atoms with Gasteiger partial charge in [-0.15, -0.1) is 0 Å². The van der Waals surface area contributed by atoms with E-state index >= 15 is 0 Å². The minimum atomic E-state index is -0.225. The predicted octanol–water partition coefficient (Wildman–Crippen LogP) is 2.02. The molecule has 1 heterocycles. The number of benzene rings is 1.